The number of benzene rings is 2. The van der Waals surface area contributed by atoms with Crippen LogP contribution in [0.2, 0.25) is 0 Å². The lowest BCUT2D eigenvalue weighted by molar-refractivity contribution is -0.274. The van der Waals surface area contributed by atoms with E-state index in [-0.39, 0.29) is 30.3 Å². The minimum atomic E-state index is -4.80. The topological polar surface area (TPSA) is 60.0 Å². The molecule has 0 aromatic heterocycles. The number of nitrogens with one attached hydrogen (secondary N) is 1. The van der Waals surface area contributed by atoms with E-state index in [0.29, 0.717) is 18.0 Å². The number of para-hydroxylation sites is 2. The maximum absolute atomic E-state index is 12.5. The second-order valence-electron chi connectivity index (χ2n) is 6.26. The van der Waals surface area contributed by atoms with E-state index in [2.05, 4.69) is 10.1 Å². The van der Waals surface area contributed by atoms with Gasteiger partial charge in [0.1, 0.15) is 5.75 Å². The van der Waals surface area contributed by atoms with Crippen molar-refractivity contribution in [2.45, 2.75) is 19.5 Å². The second-order valence-corrected chi connectivity index (χ2v) is 6.26. The molecular formula is C20H23F3N2O4. The number of carbonyl (C=O) groups excluding carboxylic acids is 1. The molecule has 0 spiro atoms. The van der Waals surface area contributed by atoms with Gasteiger partial charge in [-0.25, -0.2) is 0 Å². The molecule has 158 valence electrons. The van der Waals surface area contributed by atoms with Gasteiger partial charge in [0.25, 0.3) is 0 Å². The van der Waals surface area contributed by atoms with E-state index >= 15 is 0 Å². The maximum Gasteiger partial charge on any atom is 0.573 e. The summed E-state index contributed by atoms with van der Waals surface area (Å²) in [7, 11) is 4.83. The molecule has 0 saturated heterocycles. The van der Waals surface area contributed by atoms with Gasteiger partial charge in [0.2, 0.25) is 5.91 Å². The zero-order chi connectivity index (χ0) is 21.4. The van der Waals surface area contributed by atoms with Gasteiger partial charge in [-0.2, -0.15) is 0 Å². The van der Waals surface area contributed by atoms with E-state index in [0.717, 1.165) is 5.56 Å². The third-order valence-electron chi connectivity index (χ3n) is 4.01. The molecule has 0 aliphatic heterocycles. The highest BCUT2D eigenvalue weighted by Gasteiger charge is 2.32. The summed E-state index contributed by atoms with van der Waals surface area (Å²) < 4.78 is 52.1. The van der Waals surface area contributed by atoms with Crippen LogP contribution in [0.25, 0.3) is 0 Å². The molecule has 2 aromatic rings. The summed E-state index contributed by atoms with van der Waals surface area (Å²) in [5.74, 6) is 0.496. The van der Waals surface area contributed by atoms with Crippen molar-refractivity contribution in [2.24, 2.45) is 0 Å². The monoisotopic (exact) mass is 412 g/mol. The van der Waals surface area contributed by atoms with Gasteiger partial charge in [-0.05, 0) is 19.2 Å². The van der Waals surface area contributed by atoms with Crippen LogP contribution < -0.4 is 19.5 Å². The van der Waals surface area contributed by atoms with Gasteiger partial charge in [0, 0.05) is 24.2 Å². The standard InChI is InChI=1S/C20H23F3N2O4/c1-25(12-15-8-6-10-17(27-2)19(15)28-3)13-18(26)24-11-14-7-4-5-9-16(14)29-20(21,22)23/h4-10H,11-13H2,1-3H3,(H,24,26). The highest BCUT2D eigenvalue weighted by Crippen LogP contribution is 2.31. The predicted octanol–water partition coefficient (Wildman–Crippen LogP) is 3.35. The number of hydrogen-bond donors (Lipinski definition) is 1. The molecule has 0 bridgehead atoms. The molecule has 0 aliphatic carbocycles. The second kappa shape index (κ2) is 10.0. The molecule has 1 N–H and O–H groups in total. The minimum absolute atomic E-state index is 0.0443. The number of carbonyl (C=O) groups is 1. The maximum atomic E-state index is 12.5. The summed E-state index contributed by atoms with van der Waals surface area (Å²) in [6, 6.07) is 11.1. The summed E-state index contributed by atoms with van der Waals surface area (Å²) in [6.45, 7) is 0.381. The Hall–Kier alpha value is -2.94. The highest BCUT2D eigenvalue weighted by atomic mass is 19.4. The lowest BCUT2D eigenvalue weighted by atomic mass is 10.1. The molecule has 29 heavy (non-hydrogen) atoms. The van der Waals surface area contributed by atoms with Crippen molar-refractivity contribution in [1.82, 2.24) is 10.2 Å². The van der Waals surface area contributed by atoms with Gasteiger partial charge in [-0.15, -0.1) is 13.2 Å². The molecule has 9 heteroatoms. The molecule has 0 saturated carbocycles. The van der Waals surface area contributed by atoms with Crippen LogP contribution in [-0.4, -0.2) is 45.0 Å². The molecule has 0 fully saturated rings. The van der Waals surface area contributed by atoms with Crippen molar-refractivity contribution in [1.29, 1.82) is 0 Å². The average Bonchev–Trinajstić information content (AvgIpc) is 2.65. The molecule has 1 amide bonds. The molecule has 6 nitrogen and oxygen atoms in total. The lowest BCUT2D eigenvalue weighted by Crippen LogP contribution is -2.34. The summed E-state index contributed by atoms with van der Waals surface area (Å²) >= 11 is 0. The van der Waals surface area contributed by atoms with Crippen molar-refractivity contribution >= 4 is 5.91 Å². The molecule has 0 unspecified atom stereocenters. The number of alkyl halides is 3. The first-order valence-corrected chi connectivity index (χ1v) is 8.72. The van der Waals surface area contributed by atoms with E-state index in [1.807, 2.05) is 12.1 Å². The van der Waals surface area contributed by atoms with Crippen LogP contribution in [0.4, 0.5) is 13.2 Å². The fourth-order valence-corrected chi connectivity index (χ4v) is 2.79. The van der Waals surface area contributed by atoms with Crippen molar-refractivity contribution < 1.29 is 32.2 Å². The van der Waals surface area contributed by atoms with Crippen molar-refractivity contribution in [3.8, 4) is 17.2 Å². The van der Waals surface area contributed by atoms with Crippen LogP contribution in [0.3, 0.4) is 0 Å². The average molecular weight is 412 g/mol. The van der Waals surface area contributed by atoms with Crippen LogP contribution in [0.5, 0.6) is 17.2 Å². The van der Waals surface area contributed by atoms with Crippen LogP contribution in [0.15, 0.2) is 42.5 Å². The fraction of sp³-hybridized carbons (Fsp3) is 0.350. The molecule has 2 aromatic carbocycles. The van der Waals surface area contributed by atoms with E-state index < -0.39 is 6.36 Å². The zero-order valence-electron chi connectivity index (χ0n) is 16.4. The fourth-order valence-electron chi connectivity index (χ4n) is 2.79. The van der Waals surface area contributed by atoms with Crippen LogP contribution in [0.1, 0.15) is 11.1 Å². The van der Waals surface area contributed by atoms with Crippen LogP contribution in [-0.2, 0) is 17.9 Å². The van der Waals surface area contributed by atoms with Gasteiger partial charge >= 0.3 is 6.36 Å². The Kier molecular flexibility index (Phi) is 7.72. The summed E-state index contributed by atoms with van der Waals surface area (Å²) in [4.78, 5) is 14.0. The molecule has 0 aliphatic rings. The van der Waals surface area contributed by atoms with Gasteiger partial charge < -0.3 is 19.5 Å². The third kappa shape index (κ3) is 6.86. The van der Waals surface area contributed by atoms with E-state index in [4.69, 9.17) is 9.47 Å². The first-order chi connectivity index (χ1) is 13.7. The predicted molar refractivity (Wildman–Crippen MR) is 101 cm³/mol. The van der Waals surface area contributed by atoms with Gasteiger partial charge in [-0.1, -0.05) is 30.3 Å². The molecule has 2 rings (SSSR count). The normalized spacial score (nSPS) is 11.3. The number of methoxy groups -OCH3 is 2. The largest absolute Gasteiger partial charge is 0.573 e. The molecule has 0 heterocycles. The van der Waals surface area contributed by atoms with E-state index in [9.17, 15) is 18.0 Å². The summed E-state index contributed by atoms with van der Waals surface area (Å²) in [6.07, 6.45) is -4.80. The Morgan fingerprint density at radius 1 is 1.00 bits per heavy atom. The number of nitrogens with zero attached hydrogens (tertiary/aromatic N) is 1. The Morgan fingerprint density at radius 3 is 2.31 bits per heavy atom. The lowest BCUT2D eigenvalue weighted by Gasteiger charge is -2.19. The number of ether oxygens (including phenoxy) is 3. The Balaban J connectivity index is 1.94. The van der Waals surface area contributed by atoms with Crippen LogP contribution >= 0.6 is 0 Å². The van der Waals surface area contributed by atoms with Crippen LogP contribution in [0, 0.1) is 0 Å². The SMILES string of the molecule is COc1cccc(CN(C)CC(=O)NCc2ccccc2OC(F)(F)F)c1OC. The van der Waals surface area contributed by atoms with E-state index in [1.54, 1.807) is 31.2 Å². The van der Waals surface area contributed by atoms with Crippen molar-refractivity contribution in [3.05, 3.63) is 53.6 Å². The van der Waals surface area contributed by atoms with E-state index in [1.165, 1.54) is 25.3 Å². The Morgan fingerprint density at radius 2 is 1.66 bits per heavy atom. The highest BCUT2D eigenvalue weighted by molar-refractivity contribution is 5.78. The quantitative estimate of drug-likeness (QED) is 0.685. The summed E-state index contributed by atoms with van der Waals surface area (Å²) in [5, 5.41) is 2.61. The van der Waals surface area contributed by atoms with Gasteiger partial charge in [0.05, 0.1) is 20.8 Å². The smallest absolute Gasteiger partial charge is 0.493 e. The molecular weight excluding hydrogens is 389 g/mol. The Labute approximate surface area is 167 Å². The number of likely N-dealkylation sites (N-methyl/N-ethyl adjacent to an activating group) is 1. The first-order valence-electron chi connectivity index (χ1n) is 8.72. The number of amides is 1. The molecule has 0 radical (unpaired) electrons. The first kappa shape index (κ1) is 22.4. The number of rotatable bonds is 9. The zero-order valence-corrected chi connectivity index (χ0v) is 16.4. The minimum Gasteiger partial charge on any atom is -0.493 e. The van der Waals surface area contributed by atoms with Gasteiger partial charge in [-0.3, -0.25) is 9.69 Å². The van der Waals surface area contributed by atoms with Crippen molar-refractivity contribution in [3.63, 3.8) is 0 Å². The summed E-state index contributed by atoms with van der Waals surface area (Å²) in [5.41, 5.74) is 1.07. The van der Waals surface area contributed by atoms with Gasteiger partial charge in [0.15, 0.2) is 11.5 Å². The number of hydrogen-bond acceptors (Lipinski definition) is 5. The Bertz CT molecular complexity index is 828. The molecule has 0 atom stereocenters. The van der Waals surface area contributed by atoms with Crippen molar-refractivity contribution in [2.75, 3.05) is 27.8 Å². The third-order valence-corrected chi connectivity index (χ3v) is 4.01. The number of halogens is 3.